The minimum atomic E-state index is -0.834. The molecule has 0 N–H and O–H groups in total. The maximum atomic E-state index is 14.0. The molecular formula is C32H29ClN2O8S. The number of methoxy groups -OCH3 is 2. The first-order valence-corrected chi connectivity index (χ1v) is 14.9. The van der Waals surface area contributed by atoms with Gasteiger partial charge in [-0.15, -0.1) is 0 Å². The van der Waals surface area contributed by atoms with Gasteiger partial charge in [0.05, 0.1) is 54.8 Å². The zero-order chi connectivity index (χ0) is 31.5. The Morgan fingerprint density at radius 1 is 1.05 bits per heavy atom. The van der Waals surface area contributed by atoms with Crippen LogP contribution in [0.25, 0.3) is 17.4 Å². The molecule has 4 aromatic rings. The molecule has 1 atom stereocenters. The maximum absolute atomic E-state index is 14.0. The van der Waals surface area contributed by atoms with Crippen LogP contribution in [0.4, 0.5) is 0 Å². The van der Waals surface area contributed by atoms with Gasteiger partial charge in [-0.05, 0) is 68.8 Å². The van der Waals surface area contributed by atoms with Gasteiger partial charge < -0.3 is 23.4 Å². The lowest BCUT2D eigenvalue weighted by atomic mass is 9.95. The minimum absolute atomic E-state index is 0.157. The Bertz CT molecular complexity index is 1970. The first-order valence-electron chi connectivity index (χ1n) is 13.7. The van der Waals surface area contributed by atoms with E-state index in [1.54, 1.807) is 68.5 Å². The number of ether oxygens (including phenoxy) is 4. The first kappa shape index (κ1) is 30.8. The van der Waals surface area contributed by atoms with E-state index in [0.717, 1.165) is 11.3 Å². The normalized spacial score (nSPS) is 14.6. The highest BCUT2D eigenvalue weighted by Gasteiger charge is 2.34. The predicted molar refractivity (Wildman–Crippen MR) is 165 cm³/mol. The van der Waals surface area contributed by atoms with Crippen molar-refractivity contribution in [1.29, 1.82) is 0 Å². The molecule has 0 spiro atoms. The average molecular weight is 637 g/mol. The quantitative estimate of drug-likeness (QED) is 0.238. The van der Waals surface area contributed by atoms with Gasteiger partial charge in [-0.3, -0.25) is 9.36 Å². The van der Waals surface area contributed by atoms with E-state index in [1.807, 2.05) is 6.92 Å². The Balaban J connectivity index is 1.65. The molecule has 1 aliphatic rings. The number of hydrogen-bond acceptors (Lipinski definition) is 10. The summed E-state index contributed by atoms with van der Waals surface area (Å²) in [6.45, 7) is 5.83. The number of furan rings is 1. The van der Waals surface area contributed by atoms with Crippen LogP contribution in [0.3, 0.4) is 0 Å². The molecule has 1 aliphatic heterocycles. The van der Waals surface area contributed by atoms with Crippen LogP contribution < -0.4 is 24.4 Å². The van der Waals surface area contributed by atoms with E-state index in [1.165, 1.54) is 18.8 Å². The number of hydrogen-bond donors (Lipinski definition) is 0. The number of aromatic nitrogens is 1. The molecule has 0 radical (unpaired) electrons. The van der Waals surface area contributed by atoms with Gasteiger partial charge in [-0.25, -0.2) is 14.6 Å². The Labute approximate surface area is 261 Å². The Morgan fingerprint density at radius 3 is 2.55 bits per heavy atom. The van der Waals surface area contributed by atoms with Crippen molar-refractivity contribution >= 4 is 41.0 Å². The van der Waals surface area contributed by atoms with Crippen molar-refractivity contribution in [2.75, 3.05) is 27.4 Å². The topological polar surface area (TPSA) is 119 Å². The minimum Gasteiger partial charge on any atom is -0.493 e. The molecule has 0 aliphatic carbocycles. The molecule has 0 fully saturated rings. The number of rotatable bonds is 9. The molecule has 5 rings (SSSR count). The van der Waals surface area contributed by atoms with E-state index < -0.39 is 18.0 Å². The molecule has 0 saturated carbocycles. The SMILES string of the molecule is CCOC(=O)C1=C(C)N=c2s/c(=C/c3ccc(-c4cc(Cl)ccc4C(=O)OC)o3)c(=O)n2[C@H]1c1ccc(OC)c(OCC)c1. The van der Waals surface area contributed by atoms with Crippen LogP contribution in [0.5, 0.6) is 11.5 Å². The number of nitrogens with zero attached hydrogens (tertiary/aromatic N) is 2. The van der Waals surface area contributed by atoms with Crippen LogP contribution in [0.15, 0.2) is 74.0 Å². The number of esters is 2. The molecule has 10 nitrogen and oxygen atoms in total. The molecule has 2 aromatic carbocycles. The van der Waals surface area contributed by atoms with Gasteiger partial charge in [-0.2, -0.15) is 0 Å². The number of fused-ring (bicyclic) bond motifs is 1. The summed E-state index contributed by atoms with van der Waals surface area (Å²) in [5, 5.41) is 0.415. The van der Waals surface area contributed by atoms with E-state index in [9.17, 15) is 14.4 Å². The van der Waals surface area contributed by atoms with E-state index in [2.05, 4.69) is 4.99 Å². The highest BCUT2D eigenvalue weighted by Crippen LogP contribution is 2.36. The summed E-state index contributed by atoms with van der Waals surface area (Å²) < 4.78 is 29.3. The fourth-order valence-electron chi connectivity index (χ4n) is 4.95. The van der Waals surface area contributed by atoms with E-state index >= 15 is 0 Å². The van der Waals surface area contributed by atoms with Crippen molar-refractivity contribution in [2.45, 2.75) is 26.8 Å². The first-order chi connectivity index (χ1) is 21.2. The predicted octanol–water partition coefficient (Wildman–Crippen LogP) is 4.91. The van der Waals surface area contributed by atoms with Gasteiger partial charge in [0.1, 0.15) is 11.5 Å². The number of halogens is 1. The third kappa shape index (κ3) is 5.80. The molecule has 3 heterocycles. The monoisotopic (exact) mass is 636 g/mol. The summed E-state index contributed by atoms with van der Waals surface area (Å²) in [5.74, 6) is 0.615. The van der Waals surface area contributed by atoms with Crippen molar-refractivity contribution in [1.82, 2.24) is 4.57 Å². The van der Waals surface area contributed by atoms with Gasteiger partial charge in [0.2, 0.25) is 0 Å². The fourth-order valence-corrected chi connectivity index (χ4v) is 6.15. The van der Waals surface area contributed by atoms with Gasteiger partial charge in [0, 0.05) is 16.7 Å². The van der Waals surface area contributed by atoms with Crippen molar-refractivity contribution in [3.63, 3.8) is 0 Å². The summed E-state index contributed by atoms with van der Waals surface area (Å²) in [6, 6.07) is 12.5. The standard InChI is InChI=1S/C32H29ClN2O8S/c1-6-41-25-14-18(8-12-24(25)39-4)28-27(31(38)42-7-2)17(3)34-32-35(28)29(36)26(44-32)16-20-10-13-23(43-20)22-15-19(33)9-11-21(22)30(37)40-5/h8-16,28H,6-7H2,1-5H3/b26-16+/t28-/m0/s1. The second-order valence-electron chi connectivity index (χ2n) is 9.53. The summed E-state index contributed by atoms with van der Waals surface area (Å²) in [4.78, 5) is 44.6. The molecule has 0 amide bonds. The van der Waals surface area contributed by atoms with Crippen LogP contribution in [0.1, 0.15) is 48.5 Å². The third-order valence-corrected chi connectivity index (χ3v) is 8.09. The fraction of sp³-hybridized carbons (Fsp3) is 0.250. The Morgan fingerprint density at radius 2 is 1.84 bits per heavy atom. The zero-order valence-electron chi connectivity index (χ0n) is 24.6. The smallest absolute Gasteiger partial charge is 0.338 e. The molecule has 2 aromatic heterocycles. The van der Waals surface area contributed by atoms with Crippen molar-refractivity contribution in [2.24, 2.45) is 4.99 Å². The summed E-state index contributed by atoms with van der Waals surface area (Å²) >= 11 is 7.36. The second-order valence-corrected chi connectivity index (χ2v) is 11.0. The number of thiazole rings is 1. The number of benzene rings is 2. The molecular weight excluding hydrogens is 608 g/mol. The highest BCUT2D eigenvalue weighted by atomic mass is 35.5. The lowest BCUT2D eigenvalue weighted by molar-refractivity contribution is -0.139. The summed E-state index contributed by atoms with van der Waals surface area (Å²) in [7, 11) is 2.83. The number of carbonyl (C=O) groups is 2. The summed E-state index contributed by atoms with van der Waals surface area (Å²) in [5.41, 5.74) is 1.66. The van der Waals surface area contributed by atoms with Crippen molar-refractivity contribution in [3.8, 4) is 22.8 Å². The number of carbonyl (C=O) groups excluding carboxylic acids is 2. The maximum Gasteiger partial charge on any atom is 0.338 e. The highest BCUT2D eigenvalue weighted by molar-refractivity contribution is 7.07. The van der Waals surface area contributed by atoms with Gasteiger partial charge in [0.25, 0.3) is 5.56 Å². The van der Waals surface area contributed by atoms with Crippen LogP contribution in [-0.2, 0) is 14.3 Å². The third-order valence-electron chi connectivity index (χ3n) is 6.87. The van der Waals surface area contributed by atoms with Gasteiger partial charge >= 0.3 is 11.9 Å². The largest absolute Gasteiger partial charge is 0.493 e. The van der Waals surface area contributed by atoms with Crippen molar-refractivity contribution in [3.05, 3.63) is 101 Å². The Kier molecular flexibility index (Phi) is 9.07. The van der Waals surface area contributed by atoms with Crippen LogP contribution in [0.2, 0.25) is 5.02 Å². The van der Waals surface area contributed by atoms with Crippen LogP contribution in [0, 0.1) is 0 Å². The van der Waals surface area contributed by atoms with Gasteiger partial charge in [0.15, 0.2) is 16.3 Å². The molecule has 0 saturated heterocycles. The summed E-state index contributed by atoms with van der Waals surface area (Å²) in [6.07, 6.45) is 1.59. The van der Waals surface area contributed by atoms with Crippen molar-refractivity contribution < 1.29 is 33.0 Å². The second kappa shape index (κ2) is 12.9. The van der Waals surface area contributed by atoms with E-state index in [0.29, 0.717) is 60.8 Å². The molecule has 44 heavy (non-hydrogen) atoms. The van der Waals surface area contributed by atoms with Crippen LogP contribution in [-0.4, -0.2) is 43.9 Å². The van der Waals surface area contributed by atoms with Gasteiger partial charge in [-0.1, -0.05) is 29.0 Å². The molecule has 0 unspecified atom stereocenters. The lowest BCUT2D eigenvalue weighted by Gasteiger charge is -2.25. The Hall–Kier alpha value is -4.61. The van der Waals surface area contributed by atoms with E-state index in [-0.39, 0.29) is 23.3 Å². The number of allylic oxidation sites excluding steroid dienone is 1. The molecule has 228 valence electrons. The lowest BCUT2D eigenvalue weighted by Crippen LogP contribution is -2.39. The zero-order valence-corrected chi connectivity index (χ0v) is 26.2. The average Bonchev–Trinajstić information content (AvgIpc) is 3.60. The van der Waals surface area contributed by atoms with E-state index in [4.69, 9.17) is 35.0 Å². The molecule has 0 bridgehead atoms. The van der Waals surface area contributed by atoms with Crippen LogP contribution >= 0.6 is 22.9 Å². The molecule has 12 heteroatoms.